The number of halogens is 1. The fourth-order valence-electron chi connectivity index (χ4n) is 3.44. The average Bonchev–Trinajstić information content (AvgIpc) is 2.99. The first-order valence-corrected chi connectivity index (χ1v) is 12.5. The van der Waals surface area contributed by atoms with E-state index in [-0.39, 0.29) is 6.54 Å². The van der Waals surface area contributed by atoms with Gasteiger partial charge >= 0.3 is 0 Å². The molecular formula is C23H25BrN4O3S. The fourth-order valence-corrected chi connectivity index (χ4v) is 4.76. The van der Waals surface area contributed by atoms with Gasteiger partial charge in [-0.3, -0.25) is 9.10 Å². The molecule has 0 saturated heterocycles. The van der Waals surface area contributed by atoms with Crippen LogP contribution in [0.4, 0.5) is 5.69 Å². The van der Waals surface area contributed by atoms with Crippen LogP contribution in [0.5, 0.6) is 0 Å². The maximum Gasteiger partial charge on any atom is 0.260 e. The number of nitrogens with zero attached hydrogens (tertiary/aromatic N) is 3. The Bertz CT molecular complexity index is 1280. The van der Waals surface area contributed by atoms with E-state index in [1.807, 2.05) is 57.2 Å². The predicted octanol–water partition coefficient (Wildman–Crippen LogP) is 4.08. The highest BCUT2D eigenvalue weighted by Crippen LogP contribution is 2.26. The van der Waals surface area contributed by atoms with Gasteiger partial charge in [0.2, 0.25) is 10.0 Å². The van der Waals surface area contributed by atoms with Crippen molar-refractivity contribution in [3.05, 3.63) is 81.6 Å². The van der Waals surface area contributed by atoms with Crippen LogP contribution in [-0.4, -0.2) is 37.9 Å². The van der Waals surface area contributed by atoms with Crippen molar-refractivity contribution >= 4 is 43.8 Å². The lowest BCUT2D eigenvalue weighted by Crippen LogP contribution is -2.39. The number of aromatic nitrogens is 1. The minimum Gasteiger partial charge on any atom is -0.317 e. The third kappa shape index (κ3) is 5.46. The van der Waals surface area contributed by atoms with E-state index in [0.717, 1.165) is 43.2 Å². The molecule has 168 valence electrons. The van der Waals surface area contributed by atoms with Crippen molar-refractivity contribution in [2.24, 2.45) is 5.10 Å². The summed E-state index contributed by atoms with van der Waals surface area (Å²) in [5, 5.41) is 4.05. The van der Waals surface area contributed by atoms with Crippen LogP contribution in [0.15, 0.2) is 64.2 Å². The van der Waals surface area contributed by atoms with Gasteiger partial charge in [-0.15, -0.1) is 0 Å². The summed E-state index contributed by atoms with van der Waals surface area (Å²) in [6, 6.07) is 16.9. The first-order valence-electron chi connectivity index (χ1n) is 9.88. The molecule has 0 spiro atoms. The molecule has 7 nitrogen and oxygen atoms in total. The summed E-state index contributed by atoms with van der Waals surface area (Å²) >= 11 is 3.58. The molecule has 0 aliphatic heterocycles. The minimum absolute atomic E-state index is 0.365. The number of benzene rings is 2. The lowest BCUT2D eigenvalue weighted by molar-refractivity contribution is -0.119. The molecule has 3 rings (SSSR count). The molecule has 0 atom stereocenters. The molecule has 0 bridgehead atoms. The van der Waals surface area contributed by atoms with Crippen LogP contribution < -0.4 is 9.73 Å². The number of amides is 1. The molecule has 32 heavy (non-hydrogen) atoms. The molecule has 1 heterocycles. The van der Waals surface area contributed by atoms with E-state index in [1.165, 1.54) is 0 Å². The van der Waals surface area contributed by atoms with Crippen LogP contribution in [0.2, 0.25) is 0 Å². The molecule has 0 radical (unpaired) electrons. The number of aryl methyl sites for hydroxylation is 2. The van der Waals surface area contributed by atoms with Crippen LogP contribution in [-0.2, 0) is 14.8 Å². The lowest BCUT2D eigenvalue weighted by atomic mass is 10.2. The van der Waals surface area contributed by atoms with Gasteiger partial charge in [0.05, 0.1) is 23.8 Å². The van der Waals surface area contributed by atoms with Gasteiger partial charge in [0.15, 0.2) is 0 Å². The number of rotatable bonds is 7. The van der Waals surface area contributed by atoms with Gasteiger partial charge in [0.1, 0.15) is 6.54 Å². The Morgan fingerprint density at radius 2 is 1.84 bits per heavy atom. The fraction of sp³-hybridized carbons (Fsp3) is 0.217. The Kier molecular flexibility index (Phi) is 7.20. The summed E-state index contributed by atoms with van der Waals surface area (Å²) in [7, 11) is -3.64. The number of sulfonamides is 1. The molecule has 0 aliphatic carbocycles. The second-order valence-electron chi connectivity index (χ2n) is 7.52. The van der Waals surface area contributed by atoms with E-state index in [1.54, 1.807) is 24.4 Å². The van der Waals surface area contributed by atoms with Gasteiger partial charge in [-0.05, 0) is 72.6 Å². The SMILES string of the molecule is Cc1cccc(N(CC(=O)N/N=C\c2cc(C)n(-c3ccccc3Br)c2C)S(C)(=O)=O)c1. The molecule has 2 aromatic carbocycles. The van der Waals surface area contributed by atoms with E-state index in [2.05, 4.69) is 31.0 Å². The smallest absolute Gasteiger partial charge is 0.260 e. The second kappa shape index (κ2) is 9.70. The van der Waals surface area contributed by atoms with Crippen LogP contribution in [0.1, 0.15) is 22.5 Å². The predicted molar refractivity (Wildman–Crippen MR) is 132 cm³/mol. The number of para-hydroxylation sites is 1. The highest BCUT2D eigenvalue weighted by Gasteiger charge is 2.20. The highest BCUT2D eigenvalue weighted by atomic mass is 79.9. The Balaban J connectivity index is 1.75. The van der Waals surface area contributed by atoms with Crippen molar-refractivity contribution in [1.82, 2.24) is 9.99 Å². The van der Waals surface area contributed by atoms with Crippen molar-refractivity contribution in [2.75, 3.05) is 17.1 Å². The van der Waals surface area contributed by atoms with Crippen molar-refractivity contribution in [2.45, 2.75) is 20.8 Å². The van der Waals surface area contributed by atoms with E-state index in [4.69, 9.17) is 0 Å². The lowest BCUT2D eigenvalue weighted by Gasteiger charge is -2.21. The van der Waals surface area contributed by atoms with Crippen molar-refractivity contribution in [1.29, 1.82) is 0 Å². The topological polar surface area (TPSA) is 83.8 Å². The number of anilines is 1. The minimum atomic E-state index is -3.64. The monoisotopic (exact) mass is 516 g/mol. The Morgan fingerprint density at radius 1 is 1.12 bits per heavy atom. The van der Waals surface area contributed by atoms with Crippen LogP contribution in [0.3, 0.4) is 0 Å². The van der Waals surface area contributed by atoms with Crippen molar-refractivity contribution < 1.29 is 13.2 Å². The Hall–Kier alpha value is -2.91. The molecule has 1 N–H and O–H groups in total. The molecule has 9 heteroatoms. The van der Waals surface area contributed by atoms with Gasteiger partial charge in [0.25, 0.3) is 5.91 Å². The zero-order valence-corrected chi connectivity index (χ0v) is 20.7. The summed E-state index contributed by atoms with van der Waals surface area (Å²) in [4.78, 5) is 12.4. The van der Waals surface area contributed by atoms with Crippen molar-refractivity contribution in [3.63, 3.8) is 0 Å². The van der Waals surface area contributed by atoms with Crippen LogP contribution in [0, 0.1) is 20.8 Å². The van der Waals surface area contributed by atoms with Gasteiger partial charge < -0.3 is 4.57 Å². The van der Waals surface area contributed by atoms with Gasteiger partial charge in [-0.25, -0.2) is 13.8 Å². The van der Waals surface area contributed by atoms with Crippen LogP contribution in [0.25, 0.3) is 5.69 Å². The number of hydrazone groups is 1. The molecule has 3 aromatic rings. The second-order valence-corrected chi connectivity index (χ2v) is 10.3. The number of hydrogen-bond donors (Lipinski definition) is 1. The third-order valence-electron chi connectivity index (χ3n) is 4.93. The first kappa shape index (κ1) is 23.7. The number of carbonyl (C=O) groups excluding carboxylic acids is 1. The quantitative estimate of drug-likeness (QED) is 0.379. The molecule has 0 fully saturated rings. The van der Waals surface area contributed by atoms with E-state index in [9.17, 15) is 13.2 Å². The third-order valence-corrected chi connectivity index (χ3v) is 6.74. The zero-order valence-electron chi connectivity index (χ0n) is 18.3. The molecule has 1 amide bonds. The van der Waals surface area contributed by atoms with E-state index >= 15 is 0 Å². The number of carbonyl (C=O) groups is 1. The largest absolute Gasteiger partial charge is 0.317 e. The summed E-state index contributed by atoms with van der Waals surface area (Å²) < 4.78 is 28.6. The van der Waals surface area contributed by atoms with Crippen LogP contribution >= 0.6 is 15.9 Å². The summed E-state index contributed by atoms with van der Waals surface area (Å²) in [6.45, 7) is 5.46. The highest BCUT2D eigenvalue weighted by molar-refractivity contribution is 9.10. The normalized spacial score (nSPS) is 11.7. The molecule has 0 unspecified atom stereocenters. The molecular weight excluding hydrogens is 492 g/mol. The first-order chi connectivity index (χ1) is 15.1. The summed E-state index contributed by atoms with van der Waals surface area (Å²) in [5.74, 6) is -0.534. The number of nitrogens with one attached hydrogen (secondary N) is 1. The Morgan fingerprint density at radius 3 is 2.50 bits per heavy atom. The van der Waals surface area contributed by atoms with E-state index < -0.39 is 15.9 Å². The van der Waals surface area contributed by atoms with Gasteiger partial charge in [0, 0.05) is 21.4 Å². The summed E-state index contributed by atoms with van der Waals surface area (Å²) in [5.41, 5.74) is 7.60. The van der Waals surface area contributed by atoms with Crippen molar-refractivity contribution in [3.8, 4) is 5.69 Å². The zero-order chi connectivity index (χ0) is 23.5. The maximum atomic E-state index is 12.4. The molecule has 0 aliphatic rings. The van der Waals surface area contributed by atoms with E-state index in [0.29, 0.717) is 5.69 Å². The average molecular weight is 517 g/mol. The maximum absolute atomic E-state index is 12.4. The molecule has 1 aromatic heterocycles. The molecule has 0 saturated carbocycles. The van der Waals surface area contributed by atoms with Gasteiger partial charge in [-0.2, -0.15) is 5.10 Å². The number of hydrogen-bond acceptors (Lipinski definition) is 4. The summed E-state index contributed by atoms with van der Waals surface area (Å²) in [6.07, 6.45) is 2.63. The standard InChI is InChI=1S/C23H25BrN4O3S/c1-16-8-7-9-20(12-16)27(32(4,30)31)15-23(29)26-25-14-19-13-17(2)28(18(19)3)22-11-6-5-10-21(22)24/h5-14H,15H2,1-4H3,(H,26,29)/b25-14-. The van der Waals surface area contributed by atoms with Gasteiger partial charge in [-0.1, -0.05) is 24.3 Å². The Labute approximate surface area is 196 Å².